The van der Waals surface area contributed by atoms with Gasteiger partial charge in [0.15, 0.2) is 0 Å². The maximum absolute atomic E-state index is 3.70. The van der Waals surface area contributed by atoms with Crippen LogP contribution in [0.2, 0.25) is 0 Å². The van der Waals surface area contributed by atoms with Gasteiger partial charge in [0.2, 0.25) is 0 Å². The molecule has 1 saturated carbocycles. The third-order valence-corrected chi connectivity index (χ3v) is 2.97. The maximum Gasteiger partial charge on any atom is 0.0209 e. The van der Waals surface area contributed by atoms with E-state index in [0.717, 1.165) is 12.1 Å². The fraction of sp³-hybridized carbons (Fsp3) is 1.00. The van der Waals surface area contributed by atoms with E-state index in [9.17, 15) is 0 Å². The predicted molar refractivity (Wildman–Crippen MR) is 46.7 cm³/mol. The molecule has 0 amide bonds. The van der Waals surface area contributed by atoms with Crippen LogP contribution in [0.1, 0.15) is 25.7 Å². The second-order valence-corrected chi connectivity index (χ2v) is 4.04. The lowest BCUT2D eigenvalue weighted by molar-refractivity contribution is 0.299. The molecule has 1 atom stereocenters. The van der Waals surface area contributed by atoms with Crippen molar-refractivity contribution >= 4 is 0 Å². The fourth-order valence-electron chi connectivity index (χ4n) is 1.98. The molecule has 1 aliphatic heterocycles. The highest BCUT2D eigenvalue weighted by Crippen LogP contribution is 2.20. The summed E-state index contributed by atoms with van der Waals surface area (Å²) in [5.41, 5.74) is 0. The van der Waals surface area contributed by atoms with Crippen LogP contribution in [0.4, 0.5) is 0 Å². The topological polar surface area (TPSA) is 15.3 Å². The summed E-state index contributed by atoms with van der Waals surface area (Å²) < 4.78 is 0. The van der Waals surface area contributed by atoms with E-state index < -0.39 is 0 Å². The molecule has 11 heavy (non-hydrogen) atoms. The molecule has 1 N–H and O–H groups in total. The minimum atomic E-state index is 0.797. The number of nitrogens with one attached hydrogen (secondary N) is 1. The van der Waals surface area contributed by atoms with Gasteiger partial charge < -0.3 is 10.2 Å². The van der Waals surface area contributed by atoms with E-state index in [2.05, 4.69) is 17.3 Å². The molecule has 0 aromatic rings. The van der Waals surface area contributed by atoms with Gasteiger partial charge in [-0.05, 0) is 32.9 Å². The Balaban J connectivity index is 1.70. The summed E-state index contributed by atoms with van der Waals surface area (Å²) in [5.74, 6) is 0. The smallest absolute Gasteiger partial charge is 0.0209 e. The Morgan fingerprint density at radius 3 is 2.45 bits per heavy atom. The normalized spacial score (nSPS) is 34.1. The van der Waals surface area contributed by atoms with Gasteiger partial charge in [-0.25, -0.2) is 0 Å². The maximum atomic E-state index is 3.70. The SMILES string of the molecule is CN1CC[C@H](NC2CCC2)C1. The predicted octanol–water partition coefficient (Wildman–Crippen LogP) is 0.833. The number of hydrogen-bond donors (Lipinski definition) is 1. The van der Waals surface area contributed by atoms with Crippen molar-refractivity contribution in [1.82, 2.24) is 10.2 Å². The summed E-state index contributed by atoms with van der Waals surface area (Å²) in [6, 6.07) is 1.66. The van der Waals surface area contributed by atoms with Crippen LogP contribution in [0.25, 0.3) is 0 Å². The Labute approximate surface area is 69.0 Å². The molecule has 0 aromatic carbocycles. The molecule has 1 heterocycles. The van der Waals surface area contributed by atoms with Crippen LogP contribution < -0.4 is 5.32 Å². The molecule has 0 bridgehead atoms. The van der Waals surface area contributed by atoms with E-state index in [1.54, 1.807) is 0 Å². The summed E-state index contributed by atoms with van der Waals surface area (Å²) in [4.78, 5) is 2.41. The number of likely N-dealkylation sites (N-methyl/N-ethyl adjacent to an activating group) is 1. The van der Waals surface area contributed by atoms with Crippen LogP contribution in [0.5, 0.6) is 0 Å². The highest BCUT2D eigenvalue weighted by Gasteiger charge is 2.24. The van der Waals surface area contributed by atoms with Crippen molar-refractivity contribution in [3.8, 4) is 0 Å². The summed E-state index contributed by atoms with van der Waals surface area (Å²) in [6.07, 6.45) is 5.63. The molecule has 2 rings (SSSR count). The van der Waals surface area contributed by atoms with Crippen LogP contribution in [-0.4, -0.2) is 37.1 Å². The summed E-state index contributed by atoms with van der Waals surface area (Å²) in [7, 11) is 2.21. The van der Waals surface area contributed by atoms with Gasteiger partial charge in [0.1, 0.15) is 0 Å². The lowest BCUT2D eigenvalue weighted by atomic mass is 9.92. The molecule has 2 aliphatic rings. The molecule has 2 fully saturated rings. The first kappa shape index (κ1) is 7.56. The Morgan fingerprint density at radius 1 is 1.18 bits per heavy atom. The Hall–Kier alpha value is -0.0800. The molecule has 1 aliphatic carbocycles. The van der Waals surface area contributed by atoms with Crippen molar-refractivity contribution in [2.75, 3.05) is 20.1 Å². The van der Waals surface area contributed by atoms with E-state index in [4.69, 9.17) is 0 Å². The highest BCUT2D eigenvalue weighted by atomic mass is 15.2. The summed E-state index contributed by atoms with van der Waals surface area (Å²) in [6.45, 7) is 2.54. The Bertz CT molecular complexity index is 132. The zero-order valence-electron chi connectivity index (χ0n) is 7.34. The monoisotopic (exact) mass is 154 g/mol. The van der Waals surface area contributed by atoms with Crippen LogP contribution >= 0.6 is 0 Å². The first-order chi connectivity index (χ1) is 5.34. The number of likely N-dealkylation sites (tertiary alicyclic amines) is 1. The zero-order chi connectivity index (χ0) is 7.68. The summed E-state index contributed by atoms with van der Waals surface area (Å²) in [5, 5.41) is 3.70. The van der Waals surface area contributed by atoms with Crippen molar-refractivity contribution in [2.45, 2.75) is 37.8 Å². The largest absolute Gasteiger partial charge is 0.310 e. The van der Waals surface area contributed by atoms with E-state index in [1.165, 1.54) is 38.8 Å². The van der Waals surface area contributed by atoms with E-state index in [0.29, 0.717) is 0 Å². The van der Waals surface area contributed by atoms with E-state index in [1.807, 2.05) is 0 Å². The molecular weight excluding hydrogens is 136 g/mol. The van der Waals surface area contributed by atoms with E-state index in [-0.39, 0.29) is 0 Å². The Kier molecular flexibility index (Phi) is 2.14. The van der Waals surface area contributed by atoms with Gasteiger partial charge in [-0.2, -0.15) is 0 Å². The molecule has 2 nitrogen and oxygen atoms in total. The molecule has 0 spiro atoms. The second kappa shape index (κ2) is 3.11. The van der Waals surface area contributed by atoms with Crippen molar-refractivity contribution in [3.05, 3.63) is 0 Å². The minimum absolute atomic E-state index is 0.797. The molecule has 0 radical (unpaired) electrons. The van der Waals surface area contributed by atoms with Gasteiger partial charge in [0.05, 0.1) is 0 Å². The average Bonchev–Trinajstić information content (AvgIpc) is 2.27. The lowest BCUT2D eigenvalue weighted by Crippen LogP contribution is -2.43. The molecule has 1 saturated heterocycles. The minimum Gasteiger partial charge on any atom is -0.310 e. The molecule has 0 unspecified atom stereocenters. The quantitative estimate of drug-likeness (QED) is 0.634. The standard InChI is InChI=1S/C9H18N2/c1-11-6-5-9(7-11)10-8-3-2-4-8/h8-10H,2-7H2,1H3/t9-/m0/s1. The van der Waals surface area contributed by atoms with Crippen molar-refractivity contribution < 1.29 is 0 Å². The molecule has 64 valence electrons. The molecular formula is C9H18N2. The van der Waals surface area contributed by atoms with Gasteiger partial charge in [0, 0.05) is 18.6 Å². The van der Waals surface area contributed by atoms with Gasteiger partial charge in [0.25, 0.3) is 0 Å². The molecule has 0 aromatic heterocycles. The third kappa shape index (κ3) is 1.74. The zero-order valence-corrected chi connectivity index (χ0v) is 7.34. The number of nitrogens with zero attached hydrogens (tertiary/aromatic N) is 1. The van der Waals surface area contributed by atoms with Crippen LogP contribution in [0.3, 0.4) is 0 Å². The van der Waals surface area contributed by atoms with Gasteiger partial charge in [-0.15, -0.1) is 0 Å². The highest BCUT2D eigenvalue weighted by molar-refractivity contribution is 4.85. The van der Waals surface area contributed by atoms with E-state index >= 15 is 0 Å². The van der Waals surface area contributed by atoms with Crippen LogP contribution in [0.15, 0.2) is 0 Å². The van der Waals surface area contributed by atoms with Crippen LogP contribution in [0, 0.1) is 0 Å². The lowest BCUT2D eigenvalue weighted by Gasteiger charge is -2.29. The fourth-order valence-corrected chi connectivity index (χ4v) is 1.98. The summed E-state index contributed by atoms with van der Waals surface area (Å²) >= 11 is 0. The van der Waals surface area contributed by atoms with Crippen molar-refractivity contribution in [3.63, 3.8) is 0 Å². The van der Waals surface area contributed by atoms with Crippen LogP contribution in [-0.2, 0) is 0 Å². The van der Waals surface area contributed by atoms with Crippen molar-refractivity contribution in [1.29, 1.82) is 0 Å². The van der Waals surface area contributed by atoms with Gasteiger partial charge in [-0.3, -0.25) is 0 Å². The first-order valence-electron chi connectivity index (χ1n) is 4.79. The van der Waals surface area contributed by atoms with Gasteiger partial charge in [-0.1, -0.05) is 6.42 Å². The van der Waals surface area contributed by atoms with Gasteiger partial charge >= 0.3 is 0 Å². The van der Waals surface area contributed by atoms with Crippen molar-refractivity contribution in [2.24, 2.45) is 0 Å². The number of hydrogen-bond acceptors (Lipinski definition) is 2. The molecule has 2 heteroatoms. The first-order valence-corrected chi connectivity index (χ1v) is 4.79. The second-order valence-electron chi connectivity index (χ2n) is 4.04. The third-order valence-electron chi connectivity index (χ3n) is 2.97. The number of rotatable bonds is 2. The Morgan fingerprint density at radius 2 is 2.00 bits per heavy atom. The average molecular weight is 154 g/mol.